The van der Waals surface area contributed by atoms with Gasteiger partial charge in [0, 0.05) is 19.5 Å². The minimum atomic E-state index is -0.690. The molecule has 3 aromatic rings. The molecule has 2 amide bonds. The first-order chi connectivity index (χ1) is 17.0. The summed E-state index contributed by atoms with van der Waals surface area (Å²) in [4.78, 5) is 28.5. The predicted octanol–water partition coefficient (Wildman–Crippen LogP) is 4.55. The number of rotatable bonds is 12. The molecular weight excluding hydrogens is 440 g/mol. The maximum Gasteiger partial charge on any atom is 0.261 e. The Bertz CT molecular complexity index is 1080. The molecule has 0 aromatic heterocycles. The molecule has 0 aliphatic heterocycles. The van der Waals surface area contributed by atoms with Crippen molar-refractivity contribution in [1.29, 1.82) is 0 Å². The molecule has 0 unspecified atom stereocenters. The number of ether oxygens (including phenoxy) is 2. The van der Waals surface area contributed by atoms with Crippen LogP contribution in [0.1, 0.15) is 30.0 Å². The van der Waals surface area contributed by atoms with Gasteiger partial charge in [-0.05, 0) is 48.7 Å². The fourth-order valence-electron chi connectivity index (χ4n) is 3.75. The molecule has 0 aliphatic rings. The van der Waals surface area contributed by atoms with Gasteiger partial charge in [-0.1, -0.05) is 67.1 Å². The Kier molecular flexibility index (Phi) is 9.72. The summed E-state index contributed by atoms with van der Waals surface area (Å²) >= 11 is 0. The maximum absolute atomic E-state index is 13.5. The zero-order valence-corrected chi connectivity index (χ0v) is 20.7. The largest absolute Gasteiger partial charge is 0.497 e. The van der Waals surface area contributed by atoms with Crippen LogP contribution in [0.25, 0.3) is 0 Å². The summed E-state index contributed by atoms with van der Waals surface area (Å²) in [5.74, 6) is 0.865. The molecule has 0 heterocycles. The molecule has 0 saturated carbocycles. The average Bonchev–Trinajstić information content (AvgIpc) is 2.89. The van der Waals surface area contributed by atoms with Crippen molar-refractivity contribution in [2.75, 3.05) is 20.3 Å². The molecule has 1 atom stereocenters. The Labute approximate surface area is 207 Å². The summed E-state index contributed by atoms with van der Waals surface area (Å²) in [7, 11) is 1.61. The van der Waals surface area contributed by atoms with Crippen LogP contribution in [0.4, 0.5) is 0 Å². The molecular formula is C29H34N2O4. The number of carbonyl (C=O) groups is 2. The highest BCUT2D eigenvalue weighted by Gasteiger charge is 2.30. The zero-order valence-electron chi connectivity index (χ0n) is 20.7. The van der Waals surface area contributed by atoms with E-state index in [4.69, 9.17) is 9.47 Å². The molecule has 0 aliphatic carbocycles. The highest BCUT2D eigenvalue weighted by Crippen LogP contribution is 2.19. The van der Waals surface area contributed by atoms with Crippen LogP contribution in [0.2, 0.25) is 0 Å². The molecule has 1 N–H and O–H groups in total. The number of hydrogen-bond donors (Lipinski definition) is 1. The number of nitrogens with one attached hydrogen (secondary N) is 1. The lowest BCUT2D eigenvalue weighted by atomic mass is 10.0. The smallest absolute Gasteiger partial charge is 0.261 e. The van der Waals surface area contributed by atoms with E-state index < -0.39 is 6.04 Å². The number of amides is 2. The summed E-state index contributed by atoms with van der Waals surface area (Å²) in [5, 5.41) is 2.98. The van der Waals surface area contributed by atoms with Gasteiger partial charge >= 0.3 is 0 Å². The fourth-order valence-corrected chi connectivity index (χ4v) is 3.75. The van der Waals surface area contributed by atoms with Crippen molar-refractivity contribution in [3.8, 4) is 11.5 Å². The first kappa shape index (κ1) is 25.8. The Morgan fingerprint density at radius 1 is 0.914 bits per heavy atom. The van der Waals surface area contributed by atoms with Crippen molar-refractivity contribution < 1.29 is 19.1 Å². The van der Waals surface area contributed by atoms with E-state index in [0.29, 0.717) is 24.5 Å². The Balaban J connectivity index is 1.89. The Morgan fingerprint density at radius 3 is 2.31 bits per heavy atom. The topological polar surface area (TPSA) is 67.9 Å². The van der Waals surface area contributed by atoms with Gasteiger partial charge in [0.25, 0.3) is 5.91 Å². The lowest BCUT2D eigenvalue weighted by Gasteiger charge is -2.31. The molecule has 0 radical (unpaired) electrons. The predicted molar refractivity (Wildman–Crippen MR) is 137 cm³/mol. The van der Waals surface area contributed by atoms with Crippen molar-refractivity contribution in [3.05, 3.63) is 95.6 Å². The molecule has 184 valence electrons. The highest BCUT2D eigenvalue weighted by atomic mass is 16.5. The summed E-state index contributed by atoms with van der Waals surface area (Å²) in [6.45, 7) is 4.63. The van der Waals surface area contributed by atoms with E-state index in [1.807, 2.05) is 92.7 Å². The third-order valence-corrected chi connectivity index (χ3v) is 5.69. The summed E-state index contributed by atoms with van der Waals surface area (Å²) in [5.41, 5.74) is 2.96. The van der Waals surface area contributed by atoms with Gasteiger partial charge in [-0.3, -0.25) is 9.59 Å². The molecule has 3 aromatic carbocycles. The van der Waals surface area contributed by atoms with Gasteiger partial charge in [-0.25, -0.2) is 0 Å². The van der Waals surface area contributed by atoms with Crippen LogP contribution >= 0.6 is 0 Å². The van der Waals surface area contributed by atoms with Crippen LogP contribution in [-0.2, 0) is 22.6 Å². The molecule has 0 bridgehead atoms. The van der Waals surface area contributed by atoms with Gasteiger partial charge in [0.1, 0.15) is 17.5 Å². The minimum absolute atomic E-state index is 0.167. The summed E-state index contributed by atoms with van der Waals surface area (Å²) < 4.78 is 11.2. The van der Waals surface area contributed by atoms with Gasteiger partial charge < -0.3 is 19.7 Å². The zero-order chi connectivity index (χ0) is 25.0. The summed E-state index contributed by atoms with van der Waals surface area (Å²) in [6.07, 6.45) is 1.21. The van der Waals surface area contributed by atoms with Crippen LogP contribution in [-0.4, -0.2) is 43.0 Å². The lowest BCUT2D eigenvalue weighted by molar-refractivity contribution is -0.142. The number of nitrogens with zero attached hydrogens (tertiary/aromatic N) is 1. The molecule has 6 nitrogen and oxygen atoms in total. The molecule has 6 heteroatoms. The first-order valence-electron chi connectivity index (χ1n) is 11.9. The van der Waals surface area contributed by atoms with Crippen LogP contribution in [0.3, 0.4) is 0 Å². The lowest BCUT2D eigenvalue weighted by Crippen LogP contribution is -2.51. The van der Waals surface area contributed by atoms with E-state index in [2.05, 4.69) is 5.32 Å². The van der Waals surface area contributed by atoms with Crippen molar-refractivity contribution in [1.82, 2.24) is 10.2 Å². The van der Waals surface area contributed by atoms with Crippen molar-refractivity contribution in [3.63, 3.8) is 0 Å². The summed E-state index contributed by atoms with van der Waals surface area (Å²) in [6, 6.07) is 24.1. The number of aryl methyl sites for hydroxylation is 1. The van der Waals surface area contributed by atoms with Gasteiger partial charge in [0.05, 0.1) is 7.11 Å². The van der Waals surface area contributed by atoms with E-state index in [-0.39, 0.29) is 25.0 Å². The third kappa shape index (κ3) is 7.88. The van der Waals surface area contributed by atoms with Crippen LogP contribution in [0.5, 0.6) is 11.5 Å². The Hall–Kier alpha value is -3.80. The molecule has 0 spiro atoms. The quantitative estimate of drug-likeness (QED) is 0.418. The van der Waals surface area contributed by atoms with E-state index in [0.717, 1.165) is 23.1 Å². The van der Waals surface area contributed by atoms with Gasteiger partial charge in [-0.2, -0.15) is 0 Å². The van der Waals surface area contributed by atoms with Gasteiger partial charge in [0.15, 0.2) is 6.61 Å². The first-order valence-corrected chi connectivity index (χ1v) is 11.9. The number of hydrogen-bond acceptors (Lipinski definition) is 4. The van der Waals surface area contributed by atoms with Crippen LogP contribution < -0.4 is 14.8 Å². The minimum Gasteiger partial charge on any atom is -0.497 e. The monoisotopic (exact) mass is 474 g/mol. The third-order valence-electron chi connectivity index (χ3n) is 5.69. The van der Waals surface area contributed by atoms with E-state index >= 15 is 0 Å². The molecule has 3 rings (SSSR count). The number of carbonyl (C=O) groups excluding carboxylic acids is 2. The van der Waals surface area contributed by atoms with Gasteiger partial charge in [0.2, 0.25) is 5.91 Å². The van der Waals surface area contributed by atoms with Crippen molar-refractivity contribution in [2.45, 2.75) is 39.3 Å². The number of methoxy groups -OCH3 is 1. The molecule has 0 fully saturated rings. The van der Waals surface area contributed by atoms with Gasteiger partial charge in [-0.15, -0.1) is 0 Å². The second-order valence-corrected chi connectivity index (χ2v) is 8.47. The van der Waals surface area contributed by atoms with E-state index in [1.54, 1.807) is 12.0 Å². The van der Waals surface area contributed by atoms with E-state index in [1.165, 1.54) is 0 Å². The number of benzene rings is 3. The highest BCUT2D eigenvalue weighted by molar-refractivity contribution is 5.88. The second-order valence-electron chi connectivity index (χ2n) is 8.47. The normalized spacial score (nSPS) is 11.4. The standard InChI is InChI=1S/C29H34N2O4/c1-4-17-30-29(33)27(19-23-9-6-5-7-10-23)31(20-24-11-8-12-26(18-24)34-3)28(32)21-35-25-15-13-22(2)14-16-25/h5-16,18,27H,4,17,19-21H2,1-3H3,(H,30,33)/t27-/m1/s1. The second kappa shape index (κ2) is 13.2. The molecule has 0 saturated heterocycles. The van der Waals surface area contributed by atoms with E-state index in [9.17, 15) is 9.59 Å². The fraction of sp³-hybridized carbons (Fsp3) is 0.310. The molecule has 35 heavy (non-hydrogen) atoms. The maximum atomic E-state index is 13.5. The van der Waals surface area contributed by atoms with Crippen LogP contribution in [0, 0.1) is 6.92 Å². The van der Waals surface area contributed by atoms with Crippen molar-refractivity contribution in [2.24, 2.45) is 0 Å². The van der Waals surface area contributed by atoms with Crippen molar-refractivity contribution >= 4 is 11.8 Å². The SMILES string of the molecule is CCCNC(=O)[C@@H](Cc1ccccc1)N(Cc1cccc(OC)c1)C(=O)COc1ccc(C)cc1. The Morgan fingerprint density at radius 2 is 1.63 bits per heavy atom. The average molecular weight is 475 g/mol. The van der Waals surface area contributed by atoms with Crippen LogP contribution in [0.15, 0.2) is 78.9 Å².